The van der Waals surface area contributed by atoms with Crippen molar-refractivity contribution in [1.82, 2.24) is 14.8 Å². The highest BCUT2D eigenvalue weighted by atomic mass is 16.6. The maximum absolute atomic E-state index is 12.7. The van der Waals surface area contributed by atoms with E-state index in [-0.39, 0.29) is 6.09 Å². The Morgan fingerprint density at radius 3 is 2.09 bits per heavy atom. The number of benzene rings is 3. The molecular formula is C38H42N4O4. The van der Waals surface area contributed by atoms with Crippen molar-refractivity contribution in [1.29, 1.82) is 0 Å². The largest absolute Gasteiger partial charge is 0.473 e. The summed E-state index contributed by atoms with van der Waals surface area (Å²) in [5, 5.41) is 0. The number of fused-ring (bicyclic) bond motifs is 1. The molecule has 0 unspecified atom stereocenters. The number of carbonyl (C=O) groups excluding carboxylic acids is 1. The van der Waals surface area contributed by atoms with Gasteiger partial charge < -0.3 is 24.0 Å². The molecule has 7 rings (SSSR count). The average molecular weight is 619 g/mol. The summed E-state index contributed by atoms with van der Waals surface area (Å²) < 4.78 is 18.0. The highest BCUT2D eigenvalue weighted by Gasteiger charge is 2.54. The molecule has 1 aliphatic carbocycles. The molecule has 46 heavy (non-hydrogen) atoms. The van der Waals surface area contributed by atoms with E-state index in [9.17, 15) is 4.79 Å². The molecule has 1 aromatic heterocycles. The molecule has 238 valence electrons. The second kappa shape index (κ2) is 12.7. The molecular weight excluding hydrogens is 576 g/mol. The fraction of sp³-hybridized carbons (Fsp3) is 0.368. The summed E-state index contributed by atoms with van der Waals surface area (Å²) in [6, 6.07) is 34.1. The van der Waals surface area contributed by atoms with E-state index >= 15 is 0 Å². The number of nitrogens with zero attached hydrogens (tertiary/aromatic N) is 4. The third-order valence-electron chi connectivity index (χ3n) is 8.93. The van der Waals surface area contributed by atoms with Crippen LogP contribution in [0.25, 0.3) is 11.1 Å². The van der Waals surface area contributed by atoms with Crippen molar-refractivity contribution in [3.63, 3.8) is 0 Å². The molecule has 8 heteroatoms. The first-order chi connectivity index (χ1) is 22.3. The van der Waals surface area contributed by atoms with Gasteiger partial charge in [-0.05, 0) is 62.1 Å². The Morgan fingerprint density at radius 1 is 0.783 bits per heavy atom. The SMILES string of the molecule is CC(C)(C)OC(=O)N1CCN(C2CN(c3ccc(-c4ccc(OCc5ccccc5)nc4OCc4ccccc4)cc3)C2)[C@H]2C[C@H]21. The molecule has 0 spiro atoms. The monoisotopic (exact) mass is 618 g/mol. The summed E-state index contributed by atoms with van der Waals surface area (Å²) in [5.74, 6) is 1.08. The number of piperazine rings is 1. The summed E-state index contributed by atoms with van der Waals surface area (Å²) in [7, 11) is 0. The Balaban J connectivity index is 0.988. The van der Waals surface area contributed by atoms with Crippen molar-refractivity contribution in [2.24, 2.45) is 0 Å². The zero-order valence-corrected chi connectivity index (χ0v) is 26.8. The Kier molecular flexibility index (Phi) is 8.30. The van der Waals surface area contributed by atoms with E-state index in [1.165, 1.54) is 5.69 Å². The molecule has 3 aliphatic rings. The van der Waals surface area contributed by atoms with E-state index in [4.69, 9.17) is 19.2 Å². The maximum Gasteiger partial charge on any atom is 0.410 e. The second-order valence-electron chi connectivity index (χ2n) is 13.4. The summed E-state index contributed by atoms with van der Waals surface area (Å²) >= 11 is 0. The minimum Gasteiger partial charge on any atom is -0.473 e. The lowest BCUT2D eigenvalue weighted by atomic mass is 10.0. The Morgan fingerprint density at radius 2 is 1.43 bits per heavy atom. The minimum atomic E-state index is -0.462. The van der Waals surface area contributed by atoms with E-state index in [1.807, 2.05) is 86.3 Å². The predicted molar refractivity (Wildman–Crippen MR) is 179 cm³/mol. The van der Waals surface area contributed by atoms with Gasteiger partial charge in [0.25, 0.3) is 0 Å². The molecule has 3 fully saturated rings. The van der Waals surface area contributed by atoms with Gasteiger partial charge in [0.15, 0.2) is 0 Å². The smallest absolute Gasteiger partial charge is 0.410 e. The quantitative estimate of drug-likeness (QED) is 0.205. The molecule has 2 saturated heterocycles. The van der Waals surface area contributed by atoms with Gasteiger partial charge in [0, 0.05) is 55.6 Å². The van der Waals surface area contributed by atoms with Gasteiger partial charge in [-0.2, -0.15) is 4.98 Å². The normalized spacial score (nSPS) is 19.6. The lowest BCUT2D eigenvalue weighted by Crippen LogP contribution is -2.63. The van der Waals surface area contributed by atoms with Crippen LogP contribution in [0.15, 0.2) is 97.1 Å². The van der Waals surface area contributed by atoms with Crippen LogP contribution in [-0.2, 0) is 18.0 Å². The van der Waals surface area contributed by atoms with Crippen molar-refractivity contribution in [2.75, 3.05) is 31.1 Å². The summed E-state index contributed by atoms with van der Waals surface area (Å²) in [6.45, 7) is 10.3. The molecule has 3 heterocycles. The zero-order chi connectivity index (χ0) is 31.7. The van der Waals surface area contributed by atoms with Gasteiger partial charge in [0.05, 0.1) is 6.04 Å². The molecule has 1 amide bonds. The summed E-state index contributed by atoms with van der Waals surface area (Å²) in [6.07, 6.45) is 0.872. The van der Waals surface area contributed by atoms with Crippen LogP contribution in [0, 0.1) is 0 Å². The number of hydrogen-bond donors (Lipinski definition) is 0. The van der Waals surface area contributed by atoms with E-state index in [1.54, 1.807) is 0 Å². The number of amides is 1. The fourth-order valence-corrected chi connectivity index (χ4v) is 6.43. The Bertz CT molecular complexity index is 1640. The minimum absolute atomic E-state index is 0.173. The van der Waals surface area contributed by atoms with Crippen LogP contribution in [0.2, 0.25) is 0 Å². The van der Waals surface area contributed by atoms with Crippen LogP contribution in [0.5, 0.6) is 11.8 Å². The van der Waals surface area contributed by atoms with Gasteiger partial charge in [-0.15, -0.1) is 0 Å². The third kappa shape index (κ3) is 6.82. The highest BCUT2D eigenvalue weighted by Crippen LogP contribution is 2.41. The van der Waals surface area contributed by atoms with E-state index in [2.05, 4.69) is 46.2 Å². The molecule has 3 aromatic carbocycles. The maximum atomic E-state index is 12.7. The molecule has 0 radical (unpaired) electrons. The predicted octanol–water partition coefficient (Wildman–Crippen LogP) is 6.79. The van der Waals surface area contributed by atoms with Gasteiger partial charge in [0.1, 0.15) is 18.8 Å². The standard InChI is InChI=1S/C38H42N4O4/c1-38(2,3)46-37(43)42-21-20-41(33-22-34(33)42)31-23-40(24-31)30-16-14-29(15-17-30)32-18-19-35(44-25-27-10-6-4-7-11-27)39-36(32)45-26-28-12-8-5-9-13-28/h4-19,31,33-34H,20-26H2,1-3H3/t33-,34+/m0/s1. The van der Waals surface area contributed by atoms with Crippen molar-refractivity contribution in [3.8, 4) is 22.9 Å². The van der Waals surface area contributed by atoms with Crippen LogP contribution in [0.3, 0.4) is 0 Å². The highest BCUT2D eigenvalue weighted by molar-refractivity contribution is 5.71. The first-order valence-electron chi connectivity index (χ1n) is 16.3. The topological polar surface area (TPSA) is 67.4 Å². The van der Waals surface area contributed by atoms with E-state index < -0.39 is 5.60 Å². The van der Waals surface area contributed by atoms with Gasteiger partial charge in [-0.3, -0.25) is 4.90 Å². The van der Waals surface area contributed by atoms with Gasteiger partial charge in [-0.1, -0.05) is 72.8 Å². The first-order valence-corrected chi connectivity index (χ1v) is 16.3. The number of rotatable bonds is 9. The molecule has 0 N–H and O–H groups in total. The number of anilines is 1. The number of ether oxygens (including phenoxy) is 3. The molecule has 4 aromatic rings. The lowest BCUT2D eigenvalue weighted by molar-refractivity contribution is 0.00750. The second-order valence-corrected chi connectivity index (χ2v) is 13.4. The Labute approximate surface area is 271 Å². The number of aromatic nitrogens is 1. The van der Waals surface area contributed by atoms with Crippen molar-refractivity contribution in [2.45, 2.75) is 64.1 Å². The molecule has 8 nitrogen and oxygen atoms in total. The molecule has 2 aliphatic heterocycles. The first kappa shape index (κ1) is 30.1. The zero-order valence-electron chi connectivity index (χ0n) is 26.8. The van der Waals surface area contributed by atoms with Crippen molar-refractivity contribution >= 4 is 11.8 Å². The van der Waals surface area contributed by atoms with Crippen LogP contribution in [0.1, 0.15) is 38.3 Å². The van der Waals surface area contributed by atoms with Crippen LogP contribution >= 0.6 is 0 Å². The summed E-state index contributed by atoms with van der Waals surface area (Å²) in [4.78, 5) is 24.4. The summed E-state index contributed by atoms with van der Waals surface area (Å²) in [5.41, 5.74) is 4.89. The van der Waals surface area contributed by atoms with Crippen molar-refractivity contribution < 1.29 is 19.0 Å². The third-order valence-corrected chi connectivity index (χ3v) is 8.93. The van der Waals surface area contributed by atoms with Crippen LogP contribution < -0.4 is 14.4 Å². The van der Waals surface area contributed by atoms with E-state index in [0.717, 1.165) is 54.9 Å². The average Bonchev–Trinajstić information content (AvgIpc) is 3.84. The Hall–Kier alpha value is -4.56. The van der Waals surface area contributed by atoms with Gasteiger partial charge in [-0.25, -0.2) is 4.79 Å². The molecule has 2 atom stereocenters. The van der Waals surface area contributed by atoms with Gasteiger partial charge in [0.2, 0.25) is 11.8 Å². The number of carbonyl (C=O) groups is 1. The lowest BCUT2D eigenvalue weighted by Gasteiger charge is -2.49. The van der Waals surface area contributed by atoms with Crippen molar-refractivity contribution in [3.05, 3.63) is 108 Å². The van der Waals surface area contributed by atoms with Crippen LogP contribution in [-0.4, -0.2) is 70.8 Å². The van der Waals surface area contributed by atoms with E-state index in [0.29, 0.717) is 43.1 Å². The number of hydrogen-bond acceptors (Lipinski definition) is 7. The number of pyridine rings is 1. The molecule has 0 bridgehead atoms. The van der Waals surface area contributed by atoms with Crippen LogP contribution in [0.4, 0.5) is 10.5 Å². The van der Waals surface area contributed by atoms with Gasteiger partial charge >= 0.3 is 6.09 Å². The fourth-order valence-electron chi connectivity index (χ4n) is 6.43. The molecule has 1 saturated carbocycles.